The fraction of sp³-hybridized carbons (Fsp3) is 0.273. The van der Waals surface area contributed by atoms with Crippen molar-refractivity contribution < 1.29 is 0 Å². The molecule has 0 fully saturated rings. The SMILES string of the molecule is Cc1ccccc1N1C(N)=NC(N)=NC1C. The second kappa shape index (κ2) is 3.84. The minimum absolute atomic E-state index is 0.126. The van der Waals surface area contributed by atoms with Crippen LogP contribution >= 0.6 is 0 Å². The Kier molecular flexibility index (Phi) is 2.52. The molecule has 5 nitrogen and oxygen atoms in total. The van der Waals surface area contributed by atoms with Gasteiger partial charge in [-0.15, -0.1) is 0 Å². The van der Waals surface area contributed by atoms with E-state index in [4.69, 9.17) is 11.5 Å². The van der Waals surface area contributed by atoms with Gasteiger partial charge in [0.25, 0.3) is 0 Å². The zero-order valence-corrected chi connectivity index (χ0v) is 9.38. The normalized spacial score (nSPS) is 20.4. The predicted molar refractivity (Wildman–Crippen MR) is 66.4 cm³/mol. The number of hydrogen-bond acceptors (Lipinski definition) is 5. The molecular formula is C11H15N5. The van der Waals surface area contributed by atoms with Crippen LogP contribution in [0.1, 0.15) is 12.5 Å². The third-order valence-corrected chi connectivity index (χ3v) is 2.54. The third kappa shape index (κ3) is 1.71. The zero-order chi connectivity index (χ0) is 11.7. The number of para-hydroxylation sites is 1. The molecule has 1 unspecified atom stereocenters. The monoisotopic (exact) mass is 217 g/mol. The number of nitrogens with zero attached hydrogens (tertiary/aromatic N) is 3. The number of benzene rings is 1. The van der Waals surface area contributed by atoms with Crippen molar-refractivity contribution in [3.05, 3.63) is 29.8 Å². The molecule has 2 rings (SSSR count). The lowest BCUT2D eigenvalue weighted by molar-refractivity contribution is 0.750. The van der Waals surface area contributed by atoms with E-state index in [0.717, 1.165) is 11.3 Å². The topological polar surface area (TPSA) is 80.0 Å². The maximum absolute atomic E-state index is 5.88. The first-order valence-electron chi connectivity index (χ1n) is 5.12. The molecule has 0 amide bonds. The molecule has 0 saturated carbocycles. The molecule has 0 aliphatic carbocycles. The average Bonchev–Trinajstić information content (AvgIpc) is 2.19. The van der Waals surface area contributed by atoms with E-state index in [-0.39, 0.29) is 12.1 Å². The molecule has 84 valence electrons. The molecule has 0 bridgehead atoms. The second-order valence-electron chi connectivity index (χ2n) is 3.75. The molecule has 0 aromatic heterocycles. The van der Waals surface area contributed by atoms with E-state index >= 15 is 0 Å². The Morgan fingerprint density at radius 3 is 2.56 bits per heavy atom. The fourth-order valence-corrected chi connectivity index (χ4v) is 1.80. The fourth-order valence-electron chi connectivity index (χ4n) is 1.80. The molecule has 0 saturated heterocycles. The van der Waals surface area contributed by atoms with Crippen LogP contribution in [0.3, 0.4) is 0 Å². The van der Waals surface area contributed by atoms with Crippen molar-refractivity contribution in [2.24, 2.45) is 21.5 Å². The quantitative estimate of drug-likeness (QED) is 0.729. The van der Waals surface area contributed by atoms with Crippen LogP contribution in [0, 0.1) is 6.92 Å². The molecule has 4 N–H and O–H groups in total. The summed E-state index contributed by atoms with van der Waals surface area (Å²) in [6.07, 6.45) is -0.126. The van der Waals surface area contributed by atoms with E-state index < -0.39 is 0 Å². The number of nitrogens with two attached hydrogens (primary N) is 2. The van der Waals surface area contributed by atoms with Gasteiger partial charge in [-0.1, -0.05) is 18.2 Å². The Morgan fingerprint density at radius 1 is 1.25 bits per heavy atom. The number of hydrogen-bond donors (Lipinski definition) is 2. The van der Waals surface area contributed by atoms with Gasteiger partial charge < -0.3 is 11.5 Å². The summed E-state index contributed by atoms with van der Waals surface area (Å²) in [5, 5.41) is 0. The Morgan fingerprint density at radius 2 is 1.94 bits per heavy atom. The summed E-state index contributed by atoms with van der Waals surface area (Å²) < 4.78 is 0. The summed E-state index contributed by atoms with van der Waals surface area (Å²) >= 11 is 0. The number of guanidine groups is 2. The first kappa shape index (κ1) is 10.5. The summed E-state index contributed by atoms with van der Waals surface area (Å²) in [5.74, 6) is 0.615. The number of aliphatic imine (C=N–C) groups is 2. The van der Waals surface area contributed by atoms with Crippen LogP contribution in [-0.2, 0) is 0 Å². The largest absolute Gasteiger partial charge is 0.369 e. The standard InChI is InChI=1S/C11H15N5/c1-7-5-3-4-6-9(7)16-8(2)14-10(12)15-11(16)13/h3-6,8H,1-2H3,(H4,12,13,14,15). The predicted octanol–water partition coefficient (Wildman–Crippen LogP) is 0.790. The Bertz CT molecular complexity index is 463. The van der Waals surface area contributed by atoms with Gasteiger partial charge in [0.05, 0.1) is 0 Å². The highest BCUT2D eigenvalue weighted by Crippen LogP contribution is 2.23. The van der Waals surface area contributed by atoms with Crippen molar-refractivity contribution in [3.63, 3.8) is 0 Å². The van der Waals surface area contributed by atoms with Crippen LogP contribution in [0.15, 0.2) is 34.3 Å². The minimum Gasteiger partial charge on any atom is -0.369 e. The van der Waals surface area contributed by atoms with E-state index in [0.29, 0.717) is 5.96 Å². The molecule has 1 aromatic carbocycles. The maximum Gasteiger partial charge on any atom is 0.220 e. The highest BCUT2D eigenvalue weighted by Gasteiger charge is 2.22. The van der Waals surface area contributed by atoms with Gasteiger partial charge in [0.2, 0.25) is 11.9 Å². The number of aryl methyl sites for hydroxylation is 1. The number of anilines is 1. The highest BCUT2D eigenvalue weighted by molar-refractivity contribution is 6.04. The van der Waals surface area contributed by atoms with Crippen LogP contribution in [0.4, 0.5) is 5.69 Å². The van der Waals surface area contributed by atoms with Gasteiger partial charge in [-0.05, 0) is 25.5 Å². The van der Waals surface area contributed by atoms with Crippen molar-refractivity contribution in [1.82, 2.24) is 0 Å². The van der Waals surface area contributed by atoms with Crippen molar-refractivity contribution in [2.45, 2.75) is 20.0 Å². The van der Waals surface area contributed by atoms with Crippen LogP contribution in [0.5, 0.6) is 0 Å². The van der Waals surface area contributed by atoms with E-state index in [1.807, 2.05) is 43.0 Å². The van der Waals surface area contributed by atoms with E-state index in [2.05, 4.69) is 9.98 Å². The average molecular weight is 217 g/mol. The van der Waals surface area contributed by atoms with Crippen molar-refractivity contribution >= 4 is 17.6 Å². The minimum atomic E-state index is -0.126. The van der Waals surface area contributed by atoms with Crippen LogP contribution in [-0.4, -0.2) is 18.1 Å². The summed E-state index contributed by atoms with van der Waals surface area (Å²) in [6.45, 7) is 3.96. The van der Waals surface area contributed by atoms with Gasteiger partial charge in [-0.3, -0.25) is 4.90 Å². The van der Waals surface area contributed by atoms with Gasteiger partial charge in [0, 0.05) is 5.69 Å². The maximum atomic E-state index is 5.88. The molecule has 1 aliphatic heterocycles. The molecule has 0 spiro atoms. The van der Waals surface area contributed by atoms with Crippen molar-refractivity contribution in [1.29, 1.82) is 0 Å². The van der Waals surface area contributed by atoms with Gasteiger partial charge >= 0.3 is 0 Å². The number of rotatable bonds is 1. The summed E-state index contributed by atoms with van der Waals surface area (Å²) in [4.78, 5) is 10.0. The summed E-state index contributed by atoms with van der Waals surface area (Å²) in [5.41, 5.74) is 13.6. The van der Waals surface area contributed by atoms with Gasteiger partial charge in [0.1, 0.15) is 6.17 Å². The van der Waals surface area contributed by atoms with Gasteiger partial charge in [-0.2, -0.15) is 4.99 Å². The first-order chi connectivity index (χ1) is 7.59. The van der Waals surface area contributed by atoms with Gasteiger partial charge in [-0.25, -0.2) is 4.99 Å². The highest BCUT2D eigenvalue weighted by atomic mass is 15.4. The Hall–Kier alpha value is -2.04. The summed E-state index contributed by atoms with van der Waals surface area (Å²) in [6, 6.07) is 7.96. The molecule has 1 aliphatic rings. The smallest absolute Gasteiger partial charge is 0.220 e. The lowest BCUT2D eigenvalue weighted by atomic mass is 10.2. The molecule has 1 aromatic rings. The molecule has 0 radical (unpaired) electrons. The van der Waals surface area contributed by atoms with Crippen LogP contribution < -0.4 is 16.4 Å². The van der Waals surface area contributed by atoms with E-state index in [1.165, 1.54) is 0 Å². The Balaban J connectivity index is 2.43. The Labute approximate surface area is 94.5 Å². The van der Waals surface area contributed by atoms with Crippen molar-refractivity contribution in [2.75, 3.05) is 4.90 Å². The first-order valence-corrected chi connectivity index (χ1v) is 5.12. The lowest BCUT2D eigenvalue weighted by Crippen LogP contribution is -2.47. The second-order valence-corrected chi connectivity index (χ2v) is 3.75. The van der Waals surface area contributed by atoms with E-state index in [9.17, 15) is 0 Å². The third-order valence-electron chi connectivity index (χ3n) is 2.54. The summed E-state index contributed by atoms with van der Waals surface area (Å²) in [7, 11) is 0. The van der Waals surface area contributed by atoms with E-state index in [1.54, 1.807) is 0 Å². The lowest BCUT2D eigenvalue weighted by Gasteiger charge is -2.31. The molecule has 5 heteroatoms. The van der Waals surface area contributed by atoms with Crippen LogP contribution in [0.25, 0.3) is 0 Å². The van der Waals surface area contributed by atoms with Gasteiger partial charge in [0.15, 0.2) is 0 Å². The molecule has 1 atom stereocenters. The zero-order valence-electron chi connectivity index (χ0n) is 9.38. The van der Waals surface area contributed by atoms with Crippen LogP contribution in [0.2, 0.25) is 0 Å². The molecule has 16 heavy (non-hydrogen) atoms. The molecule has 1 heterocycles. The molecular weight excluding hydrogens is 202 g/mol. The van der Waals surface area contributed by atoms with Crippen molar-refractivity contribution in [3.8, 4) is 0 Å².